The molecule has 1 aromatic rings. The monoisotopic (exact) mass is 250 g/mol. The largest absolute Gasteiger partial charge is 0.381 e. The van der Waals surface area contributed by atoms with Gasteiger partial charge in [-0.1, -0.05) is 18.2 Å². The number of ether oxygens (including phenoxy) is 2. The summed E-state index contributed by atoms with van der Waals surface area (Å²) in [4.78, 5) is 1.44. The fourth-order valence-corrected chi connectivity index (χ4v) is 3.69. The summed E-state index contributed by atoms with van der Waals surface area (Å²) in [5.74, 6) is 1.75. The van der Waals surface area contributed by atoms with E-state index in [0.29, 0.717) is 12.0 Å². The van der Waals surface area contributed by atoms with Gasteiger partial charge in [0.25, 0.3) is 0 Å². The van der Waals surface area contributed by atoms with E-state index in [1.54, 1.807) is 0 Å². The van der Waals surface area contributed by atoms with Crippen LogP contribution < -0.4 is 0 Å². The Kier molecular flexibility index (Phi) is 3.69. The second-order valence-corrected chi connectivity index (χ2v) is 5.75. The fraction of sp³-hybridized carbons (Fsp3) is 0.571. The SMILES string of the molecule is c1ccc2c(c1)SCC2COC1CCOCC1. The molecule has 1 unspecified atom stereocenters. The molecule has 2 heterocycles. The van der Waals surface area contributed by atoms with Gasteiger partial charge in [-0.25, -0.2) is 0 Å². The van der Waals surface area contributed by atoms with Crippen molar-refractivity contribution in [3.63, 3.8) is 0 Å². The van der Waals surface area contributed by atoms with E-state index in [1.807, 2.05) is 11.8 Å². The number of rotatable bonds is 3. The number of fused-ring (bicyclic) bond motifs is 1. The van der Waals surface area contributed by atoms with E-state index in [0.717, 1.165) is 32.7 Å². The first-order valence-corrected chi connectivity index (χ1v) is 7.33. The third-order valence-corrected chi connectivity index (χ3v) is 4.75. The van der Waals surface area contributed by atoms with Crippen molar-refractivity contribution in [1.29, 1.82) is 0 Å². The Balaban J connectivity index is 1.56. The van der Waals surface area contributed by atoms with Crippen LogP contribution in [0.25, 0.3) is 0 Å². The van der Waals surface area contributed by atoms with Gasteiger partial charge in [0.05, 0.1) is 12.7 Å². The molecule has 2 aliphatic rings. The molecule has 1 atom stereocenters. The Bertz CT molecular complexity index is 374. The van der Waals surface area contributed by atoms with Gasteiger partial charge < -0.3 is 9.47 Å². The maximum Gasteiger partial charge on any atom is 0.0619 e. The van der Waals surface area contributed by atoms with E-state index < -0.39 is 0 Å². The van der Waals surface area contributed by atoms with Gasteiger partial charge in [-0.05, 0) is 24.5 Å². The van der Waals surface area contributed by atoms with Gasteiger partial charge >= 0.3 is 0 Å². The van der Waals surface area contributed by atoms with Crippen LogP contribution in [0, 0.1) is 0 Å². The summed E-state index contributed by atoms with van der Waals surface area (Å²) in [5.41, 5.74) is 1.48. The third kappa shape index (κ3) is 2.67. The van der Waals surface area contributed by atoms with Gasteiger partial charge in [0.15, 0.2) is 0 Å². The Morgan fingerprint density at radius 2 is 2.06 bits per heavy atom. The van der Waals surface area contributed by atoms with Crippen molar-refractivity contribution in [2.75, 3.05) is 25.6 Å². The van der Waals surface area contributed by atoms with Gasteiger partial charge in [0.2, 0.25) is 0 Å². The summed E-state index contributed by atoms with van der Waals surface area (Å²) in [6.07, 6.45) is 2.53. The molecule has 0 bridgehead atoms. The molecular weight excluding hydrogens is 232 g/mol. The second kappa shape index (κ2) is 5.42. The Hall–Kier alpha value is -0.510. The van der Waals surface area contributed by atoms with Crippen LogP contribution in [-0.2, 0) is 9.47 Å². The topological polar surface area (TPSA) is 18.5 Å². The molecule has 1 fully saturated rings. The minimum Gasteiger partial charge on any atom is -0.381 e. The highest BCUT2D eigenvalue weighted by atomic mass is 32.2. The first-order chi connectivity index (χ1) is 8.43. The normalized spacial score (nSPS) is 24.8. The highest BCUT2D eigenvalue weighted by Crippen LogP contribution is 2.39. The van der Waals surface area contributed by atoms with Crippen molar-refractivity contribution < 1.29 is 9.47 Å². The van der Waals surface area contributed by atoms with Crippen LogP contribution in [0.3, 0.4) is 0 Å². The first-order valence-electron chi connectivity index (χ1n) is 6.34. The number of thioether (sulfide) groups is 1. The smallest absolute Gasteiger partial charge is 0.0619 e. The van der Waals surface area contributed by atoms with E-state index in [-0.39, 0.29) is 0 Å². The third-order valence-electron chi connectivity index (χ3n) is 3.50. The van der Waals surface area contributed by atoms with E-state index in [9.17, 15) is 0 Å². The number of hydrogen-bond acceptors (Lipinski definition) is 3. The Morgan fingerprint density at radius 1 is 1.24 bits per heavy atom. The summed E-state index contributed by atoms with van der Waals surface area (Å²) in [6, 6.07) is 8.71. The maximum atomic E-state index is 6.03. The second-order valence-electron chi connectivity index (χ2n) is 4.69. The number of benzene rings is 1. The molecule has 0 amide bonds. The van der Waals surface area contributed by atoms with Crippen LogP contribution in [0.2, 0.25) is 0 Å². The molecule has 3 rings (SSSR count). The molecule has 17 heavy (non-hydrogen) atoms. The lowest BCUT2D eigenvalue weighted by Gasteiger charge is -2.24. The lowest BCUT2D eigenvalue weighted by atomic mass is 10.0. The molecular formula is C14H18O2S. The van der Waals surface area contributed by atoms with Crippen molar-refractivity contribution >= 4 is 11.8 Å². The van der Waals surface area contributed by atoms with Gasteiger partial charge in [-0.3, -0.25) is 0 Å². The quantitative estimate of drug-likeness (QED) is 0.821. The molecule has 2 nitrogen and oxygen atoms in total. The van der Waals surface area contributed by atoms with Gasteiger partial charge in [0, 0.05) is 29.8 Å². The lowest BCUT2D eigenvalue weighted by Crippen LogP contribution is -2.25. The predicted octanol–water partition coefficient (Wildman–Crippen LogP) is 3.07. The molecule has 1 saturated heterocycles. The molecule has 0 saturated carbocycles. The summed E-state index contributed by atoms with van der Waals surface area (Å²) in [6.45, 7) is 2.59. The molecule has 0 aromatic heterocycles. The van der Waals surface area contributed by atoms with Crippen LogP contribution in [0.4, 0.5) is 0 Å². The molecule has 1 aromatic carbocycles. The zero-order valence-corrected chi connectivity index (χ0v) is 10.7. The van der Waals surface area contributed by atoms with Gasteiger partial charge in [-0.2, -0.15) is 0 Å². The summed E-state index contributed by atoms with van der Waals surface area (Å²) in [5, 5.41) is 0. The van der Waals surface area contributed by atoms with Crippen molar-refractivity contribution in [2.24, 2.45) is 0 Å². The average Bonchev–Trinajstić information content (AvgIpc) is 2.81. The maximum absolute atomic E-state index is 6.03. The molecule has 0 N–H and O–H groups in total. The van der Waals surface area contributed by atoms with Crippen LogP contribution in [0.5, 0.6) is 0 Å². The van der Waals surface area contributed by atoms with Crippen LogP contribution >= 0.6 is 11.8 Å². The molecule has 92 valence electrons. The summed E-state index contributed by atoms with van der Waals surface area (Å²) >= 11 is 1.96. The highest BCUT2D eigenvalue weighted by Gasteiger charge is 2.24. The van der Waals surface area contributed by atoms with E-state index in [2.05, 4.69) is 24.3 Å². The number of hydrogen-bond donors (Lipinski definition) is 0. The minimum absolute atomic E-state index is 0.418. The predicted molar refractivity (Wildman–Crippen MR) is 69.7 cm³/mol. The molecule has 2 aliphatic heterocycles. The standard InChI is InChI=1S/C14H18O2S/c1-2-4-14-13(3-1)11(10-17-14)9-16-12-5-7-15-8-6-12/h1-4,11-12H,5-10H2. The van der Waals surface area contributed by atoms with Gasteiger partial charge in [-0.15, -0.1) is 11.8 Å². The lowest BCUT2D eigenvalue weighted by molar-refractivity contribution is -0.0347. The van der Waals surface area contributed by atoms with E-state index in [1.165, 1.54) is 16.2 Å². The average molecular weight is 250 g/mol. The van der Waals surface area contributed by atoms with Crippen molar-refractivity contribution in [3.05, 3.63) is 29.8 Å². The van der Waals surface area contributed by atoms with Crippen LogP contribution in [0.1, 0.15) is 24.3 Å². The summed E-state index contributed by atoms with van der Waals surface area (Å²) < 4.78 is 11.4. The van der Waals surface area contributed by atoms with E-state index in [4.69, 9.17) is 9.47 Å². The summed E-state index contributed by atoms with van der Waals surface area (Å²) in [7, 11) is 0. The highest BCUT2D eigenvalue weighted by molar-refractivity contribution is 7.99. The Labute approximate surface area is 107 Å². The van der Waals surface area contributed by atoms with Crippen LogP contribution in [-0.4, -0.2) is 31.7 Å². The molecule has 0 spiro atoms. The van der Waals surface area contributed by atoms with E-state index >= 15 is 0 Å². The van der Waals surface area contributed by atoms with Crippen molar-refractivity contribution in [2.45, 2.75) is 29.8 Å². The molecule has 3 heteroatoms. The molecule has 0 radical (unpaired) electrons. The fourth-order valence-electron chi connectivity index (χ4n) is 2.46. The molecule has 0 aliphatic carbocycles. The van der Waals surface area contributed by atoms with Crippen LogP contribution in [0.15, 0.2) is 29.2 Å². The zero-order chi connectivity index (χ0) is 11.5. The zero-order valence-electron chi connectivity index (χ0n) is 9.93. The van der Waals surface area contributed by atoms with Crippen molar-refractivity contribution in [3.8, 4) is 0 Å². The first kappa shape index (κ1) is 11.6. The minimum atomic E-state index is 0.418. The van der Waals surface area contributed by atoms with Gasteiger partial charge in [0.1, 0.15) is 0 Å². The van der Waals surface area contributed by atoms with Crippen molar-refractivity contribution in [1.82, 2.24) is 0 Å². The Morgan fingerprint density at radius 3 is 2.94 bits per heavy atom.